The molecule has 1 aromatic heterocycles. The van der Waals surface area contributed by atoms with E-state index in [1.165, 1.54) is 5.56 Å². The van der Waals surface area contributed by atoms with E-state index in [2.05, 4.69) is 22.4 Å². The normalized spacial score (nSPS) is 10.5. The Labute approximate surface area is 135 Å². The Bertz CT molecular complexity index is 816. The number of fused-ring (bicyclic) bond motifs is 1. The van der Waals surface area contributed by atoms with Crippen molar-refractivity contribution in [2.45, 2.75) is 13.5 Å². The fourth-order valence-electron chi connectivity index (χ4n) is 2.36. The molecule has 0 saturated heterocycles. The number of hydrogen-bond donors (Lipinski definition) is 1. The maximum Gasteiger partial charge on any atom is 0.339 e. The molecule has 0 aliphatic rings. The summed E-state index contributed by atoms with van der Waals surface area (Å²) in [7, 11) is 0. The van der Waals surface area contributed by atoms with Crippen LogP contribution in [0.4, 0.5) is 5.69 Å². The second kappa shape index (κ2) is 6.92. The first-order chi connectivity index (χ1) is 11.3. The van der Waals surface area contributed by atoms with Crippen LogP contribution in [-0.2, 0) is 11.3 Å². The number of ether oxygens (including phenoxy) is 1. The van der Waals surface area contributed by atoms with Gasteiger partial charge < -0.3 is 10.1 Å². The number of pyridine rings is 1. The minimum Gasteiger partial charge on any atom is -0.462 e. The van der Waals surface area contributed by atoms with E-state index in [1.54, 1.807) is 19.2 Å². The number of benzene rings is 2. The highest BCUT2D eigenvalue weighted by Gasteiger charge is 2.08. The van der Waals surface area contributed by atoms with E-state index in [1.807, 2.05) is 36.4 Å². The molecule has 0 amide bonds. The van der Waals surface area contributed by atoms with Gasteiger partial charge in [-0.15, -0.1) is 0 Å². The van der Waals surface area contributed by atoms with Gasteiger partial charge in [0.1, 0.15) is 0 Å². The van der Waals surface area contributed by atoms with Crippen LogP contribution in [0, 0.1) is 0 Å². The van der Waals surface area contributed by atoms with Crippen LogP contribution in [0.5, 0.6) is 0 Å². The van der Waals surface area contributed by atoms with Gasteiger partial charge in [-0.2, -0.15) is 0 Å². The molecule has 0 atom stereocenters. The lowest BCUT2D eigenvalue weighted by Crippen LogP contribution is -2.05. The Morgan fingerprint density at radius 1 is 1.13 bits per heavy atom. The molecule has 1 heterocycles. The van der Waals surface area contributed by atoms with E-state index in [4.69, 9.17) is 4.74 Å². The molecule has 0 fully saturated rings. The smallest absolute Gasteiger partial charge is 0.339 e. The molecule has 0 aliphatic carbocycles. The summed E-state index contributed by atoms with van der Waals surface area (Å²) >= 11 is 0. The van der Waals surface area contributed by atoms with Gasteiger partial charge in [0.2, 0.25) is 0 Å². The molecule has 23 heavy (non-hydrogen) atoms. The number of hydrogen-bond acceptors (Lipinski definition) is 4. The Kier molecular flexibility index (Phi) is 4.52. The summed E-state index contributed by atoms with van der Waals surface area (Å²) in [5, 5.41) is 4.30. The van der Waals surface area contributed by atoms with E-state index >= 15 is 0 Å². The molecule has 4 heteroatoms. The van der Waals surface area contributed by atoms with Gasteiger partial charge in [-0.3, -0.25) is 4.98 Å². The molecule has 3 rings (SSSR count). The van der Waals surface area contributed by atoms with Crippen molar-refractivity contribution in [3.63, 3.8) is 0 Å². The van der Waals surface area contributed by atoms with Gasteiger partial charge in [-0.05, 0) is 30.7 Å². The molecular formula is C19H18N2O2. The van der Waals surface area contributed by atoms with Crippen LogP contribution in [-0.4, -0.2) is 17.6 Å². The van der Waals surface area contributed by atoms with Crippen molar-refractivity contribution in [3.05, 3.63) is 71.9 Å². The van der Waals surface area contributed by atoms with Crippen LogP contribution in [0.1, 0.15) is 22.8 Å². The number of nitrogens with zero attached hydrogens (tertiary/aromatic N) is 1. The number of anilines is 1. The summed E-state index contributed by atoms with van der Waals surface area (Å²) in [4.78, 5) is 16.1. The maximum absolute atomic E-state index is 11.7. The van der Waals surface area contributed by atoms with Gasteiger partial charge in [0, 0.05) is 23.8 Å². The number of aromatic nitrogens is 1. The van der Waals surface area contributed by atoms with Crippen molar-refractivity contribution in [1.29, 1.82) is 0 Å². The van der Waals surface area contributed by atoms with Crippen LogP contribution in [0.25, 0.3) is 10.9 Å². The van der Waals surface area contributed by atoms with Crippen molar-refractivity contribution < 1.29 is 9.53 Å². The van der Waals surface area contributed by atoms with E-state index in [0.717, 1.165) is 23.1 Å². The van der Waals surface area contributed by atoms with Gasteiger partial charge in [-0.25, -0.2) is 4.79 Å². The van der Waals surface area contributed by atoms with Crippen molar-refractivity contribution in [2.24, 2.45) is 0 Å². The third-order valence-electron chi connectivity index (χ3n) is 3.53. The summed E-state index contributed by atoms with van der Waals surface area (Å²) in [5.74, 6) is -0.340. The summed E-state index contributed by atoms with van der Waals surface area (Å²) in [5.41, 5.74) is 3.54. The van der Waals surface area contributed by atoms with Gasteiger partial charge in [0.05, 0.1) is 17.7 Å². The van der Waals surface area contributed by atoms with Crippen molar-refractivity contribution >= 4 is 22.6 Å². The highest BCUT2D eigenvalue weighted by atomic mass is 16.5. The van der Waals surface area contributed by atoms with E-state index in [0.29, 0.717) is 12.2 Å². The van der Waals surface area contributed by atoms with Gasteiger partial charge in [0.25, 0.3) is 0 Å². The van der Waals surface area contributed by atoms with E-state index in [9.17, 15) is 4.79 Å². The van der Waals surface area contributed by atoms with Crippen LogP contribution >= 0.6 is 0 Å². The lowest BCUT2D eigenvalue weighted by atomic mass is 10.1. The Morgan fingerprint density at radius 3 is 2.74 bits per heavy atom. The number of nitrogens with one attached hydrogen (secondary N) is 1. The molecule has 116 valence electrons. The first kappa shape index (κ1) is 15.0. The zero-order chi connectivity index (χ0) is 16.1. The zero-order valence-corrected chi connectivity index (χ0v) is 13.0. The summed E-state index contributed by atoms with van der Waals surface area (Å²) < 4.78 is 5.00. The third kappa shape index (κ3) is 3.66. The molecule has 0 bridgehead atoms. The van der Waals surface area contributed by atoms with Crippen molar-refractivity contribution in [1.82, 2.24) is 4.98 Å². The summed E-state index contributed by atoms with van der Waals surface area (Å²) in [6.45, 7) is 2.91. The van der Waals surface area contributed by atoms with E-state index < -0.39 is 0 Å². The Balaban J connectivity index is 1.77. The van der Waals surface area contributed by atoms with Gasteiger partial charge in [-0.1, -0.05) is 36.4 Å². The largest absolute Gasteiger partial charge is 0.462 e. The predicted molar refractivity (Wildman–Crippen MR) is 91.5 cm³/mol. The summed E-state index contributed by atoms with van der Waals surface area (Å²) in [6.07, 6.45) is 1.56. The average molecular weight is 306 g/mol. The van der Waals surface area contributed by atoms with Crippen molar-refractivity contribution in [2.75, 3.05) is 11.9 Å². The molecule has 0 aliphatic heterocycles. The number of rotatable bonds is 5. The quantitative estimate of drug-likeness (QED) is 0.723. The first-order valence-electron chi connectivity index (χ1n) is 7.61. The highest BCUT2D eigenvalue weighted by molar-refractivity contribution is 5.94. The molecule has 0 unspecified atom stereocenters. The second-order valence-corrected chi connectivity index (χ2v) is 5.19. The molecule has 0 saturated carbocycles. The minimum absolute atomic E-state index is 0.340. The maximum atomic E-state index is 11.7. The molecule has 3 aromatic rings. The number of esters is 1. The van der Waals surface area contributed by atoms with Gasteiger partial charge >= 0.3 is 5.97 Å². The molecule has 0 spiro atoms. The molecule has 1 N–H and O–H groups in total. The lowest BCUT2D eigenvalue weighted by Gasteiger charge is -2.08. The standard InChI is InChI=1S/C19H18N2O2/c1-2-23-19(22)16-10-15-8-9-17(11-18(15)21-13-16)20-12-14-6-4-3-5-7-14/h3-11,13,20H,2,12H2,1H3. The van der Waals surface area contributed by atoms with Crippen molar-refractivity contribution in [3.8, 4) is 0 Å². The summed E-state index contributed by atoms with van der Waals surface area (Å²) in [6, 6.07) is 17.9. The molecule has 0 radical (unpaired) electrons. The molecule has 4 nitrogen and oxygen atoms in total. The van der Waals surface area contributed by atoms with Gasteiger partial charge in [0.15, 0.2) is 0 Å². The number of carbonyl (C=O) groups is 1. The highest BCUT2D eigenvalue weighted by Crippen LogP contribution is 2.19. The lowest BCUT2D eigenvalue weighted by molar-refractivity contribution is 0.0526. The topological polar surface area (TPSA) is 51.2 Å². The monoisotopic (exact) mass is 306 g/mol. The van der Waals surface area contributed by atoms with E-state index in [-0.39, 0.29) is 5.97 Å². The van der Waals surface area contributed by atoms with Crippen LogP contribution in [0.15, 0.2) is 60.8 Å². The fraction of sp³-hybridized carbons (Fsp3) is 0.158. The van der Waals surface area contributed by atoms with Crippen LogP contribution in [0.2, 0.25) is 0 Å². The van der Waals surface area contributed by atoms with Crippen LogP contribution < -0.4 is 5.32 Å². The van der Waals surface area contributed by atoms with Crippen LogP contribution in [0.3, 0.4) is 0 Å². The number of carbonyl (C=O) groups excluding carboxylic acids is 1. The predicted octanol–water partition coefficient (Wildman–Crippen LogP) is 4.02. The fourth-order valence-corrected chi connectivity index (χ4v) is 2.36. The Hall–Kier alpha value is -2.88. The zero-order valence-electron chi connectivity index (χ0n) is 13.0. The Morgan fingerprint density at radius 2 is 1.96 bits per heavy atom. The second-order valence-electron chi connectivity index (χ2n) is 5.19. The third-order valence-corrected chi connectivity index (χ3v) is 3.53. The molecular weight excluding hydrogens is 288 g/mol. The first-order valence-corrected chi connectivity index (χ1v) is 7.61. The average Bonchev–Trinajstić information content (AvgIpc) is 2.60. The SMILES string of the molecule is CCOC(=O)c1cnc2cc(NCc3ccccc3)ccc2c1. The molecule has 2 aromatic carbocycles. The minimum atomic E-state index is -0.340.